The lowest BCUT2D eigenvalue weighted by Gasteiger charge is -2.17. The molecule has 1 saturated heterocycles. The van der Waals surface area contributed by atoms with Crippen LogP contribution in [0.1, 0.15) is 54.1 Å². The van der Waals surface area contributed by atoms with E-state index in [1.807, 2.05) is 0 Å². The quantitative estimate of drug-likeness (QED) is 0.727. The predicted octanol–water partition coefficient (Wildman–Crippen LogP) is 2.41. The SMILES string of the molecule is O=C(NCCc1nnc2n1CCCCC2)c1ccc(Cl)c(S(=O)(=O)N2CCCC2)c1. The first-order valence-electron chi connectivity index (χ1n) is 10.5. The highest BCUT2D eigenvalue weighted by Gasteiger charge is 2.29. The van der Waals surface area contributed by atoms with Gasteiger partial charge >= 0.3 is 0 Å². The van der Waals surface area contributed by atoms with E-state index in [0.29, 0.717) is 26.1 Å². The van der Waals surface area contributed by atoms with Crippen LogP contribution in [0.3, 0.4) is 0 Å². The molecule has 30 heavy (non-hydrogen) atoms. The Kier molecular flexibility index (Phi) is 6.40. The van der Waals surface area contributed by atoms with Crippen molar-refractivity contribution in [3.05, 3.63) is 40.4 Å². The van der Waals surface area contributed by atoms with Crippen molar-refractivity contribution in [1.82, 2.24) is 24.4 Å². The molecule has 1 aromatic carbocycles. The van der Waals surface area contributed by atoms with Crippen molar-refractivity contribution in [3.63, 3.8) is 0 Å². The summed E-state index contributed by atoms with van der Waals surface area (Å²) < 4.78 is 29.3. The van der Waals surface area contributed by atoms with Gasteiger partial charge in [-0.1, -0.05) is 18.0 Å². The first-order valence-corrected chi connectivity index (χ1v) is 12.3. The van der Waals surface area contributed by atoms with Gasteiger partial charge < -0.3 is 9.88 Å². The third kappa shape index (κ3) is 4.38. The second-order valence-corrected chi connectivity index (χ2v) is 10.1. The highest BCUT2D eigenvalue weighted by atomic mass is 35.5. The van der Waals surface area contributed by atoms with Crippen LogP contribution >= 0.6 is 11.6 Å². The lowest BCUT2D eigenvalue weighted by Crippen LogP contribution is -2.29. The number of hydrogen-bond acceptors (Lipinski definition) is 5. The normalized spacial score (nSPS) is 17.5. The van der Waals surface area contributed by atoms with Crippen LogP contribution < -0.4 is 5.32 Å². The minimum absolute atomic E-state index is 0.0125. The van der Waals surface area contributed by atoms with Crippen LogP contribution in [0.25, 0.3) is 0 Å². The zero-order valence-electron chi connectivity index (χ0n) is 16.8. The lowest BCUT2D eigenvalue weighted by molar-refractivity contribution is 0.0953. The number of fused-ring (bicyclic) bond motifs is 1. The molecule has 0 radical (unpaired) electrons. The van der Waals surface area contributed by atoms with E-state index in [9.17, 15) is 13.2 Å². The molecular formula is C20H26ClN5O3S. The number of sulfonamides is 1. The number of aryl methyl sites for hydroxylation is 1. The lowest BCUT2D eigenvalue weighted by atomic mass is 10.2. The molecule has 2 aliphatic heterocycles. The average molecular weight is 452 g/mol. The number of benzene rings is 1. The zero-order valence-corrected chi connectivity index (χ0v) is 18.4. The second kappa shape index (κ2) is 9.03. The molecule has 0 saturated carbocycles. The summed E-state index contributed by atoms with van der Waals surface area (Å²) in [6, 6.07) is 4.38. The maximum Gasteiger partial charge on any atom is 0.251 e. The number of rotatable bonds is 6. The van der Waals surface area contributed by atoms with Crippen LogP contribution in [0.5, 0.6) is 0 Å². The van der Waals surface area contributed by atoms with Gasteiger partial charge in [-0.05, 0) is 43.9 Å². The van der Waals surface area contributed by atoms with Crippen molar-refractivity contribution in [1.29, 1.82) is 0 Å². The Balaban J connectivity index is 1.42. The van der Waals surface area contributed by atoms with E-state index in [1.54, 1.807) is 6.07 Å². The smallest absolute Gasteiger partial charge is 0.251 e. The summed E-state index contributed by atoms with van der Waals surface area (Å²) in [7, 11) is -3.70. The van der Waals surface area contributed by atoms with Crippen LogP contribution in [0, 0.1) is 0 Å². The van der Waals surface area contributed by atoms with E-state index >= 15 is 0 Å². The first-order chi connectivity index (χ1) is 14.5. The van der Waals surface area contributed by atoms with Gasteiger partial charge in [0.2, 0.25) is 10.0 Å². The third-order valence-corrected chi connectivity index (χ3v) is 8.08. The van der Waals surface area contributed by atoms with Crippen LogP contribution in [-0.2, 0) is 29.4 Å². The highest BCUT2D eigenvalue weighted by molar-refractivity contribution is 7.89. The van der Waals surface area contributed by atoms with Gasteiger partial charge in [0, 0.05) is 44.6 Å². The Morgan fingerprint density at radius 1 is 1.07 bits per heavy atom. The van der Waals surface area contributed by atoms with E-state index < -0.39 is 10.0 Å². The first kappa shape index (κ1) is 21.3. The Morgan fingerprint density at radius 3 is 2.63 bits per heavy atom. The summed E-state index contributed by atoms with van der Waals surface area (Å²) in [6.07, 6.45) is 6.63. The van der Waals surface area contributed by atoms with Gasteiger partial charge in [-0.2, -0.15) is 4.31 Å². The molecule has 162 valence electrons. The summed E-state index contributed by atoms with van der Waals surface area (Å²) in [5.74, 6) is 1.56. The molecule has 0 aliphatic carbocycles. The topological polar surface area (TPSA) is 97.2 Å². The number of aromatic nitrogens is 3. The van der Waals surface area contributed by atoms with Gasteiger partial charge in [0.25, 0.3) is 5.91 Å². The van der Waals surface area contributed by atoms with Crippen molar-refractivity contribution < 1.29 is 13.2 Å². The van der Waals surface area contributed by atoms with E-state index in [-0.39, 0.29) is 21.4 Å². The maximum absolute atomic E-state index is 12.9. The third-order valence-electron chi connectivity index (χ3n) is 5.70. The van der Waals surface area contributed by atoms with Gasteiger partial charge in [0.15, 0.2) is 0 Å². The van der Waals surface area contributed by atoms with Crippen molar-refractivity contribution in [2.75, 3.05) is 19.6 Å². The number of nitrogens with zero attached hydrogens (tertiary/aromatic N) is 4. The van der Waals surface area contributed by atoms with E-state index in [2.05, 4.69) is 20.1 Å². The maximum atomic E-state index is 12.9. The fourth-order valence-corrected chi connectivity index (χ4v) is 6.05. The largest absolute Gasteiger partial charge is 0.352 e. The summed E-state index contributed by atoms with van der Waals surface area (Å²) >= 11 is 6.16. The Bertz CT molecular complexity index is 1030. The van der Waals surface area contributed by atoms with Crippen molar-refractivity contribution in [2.45, 2.75) is 56.4 Å². The molecule has 2 aliphatic rings. The summed E-state index contributed by atoms with van der Waals surface area (Å²) in [6.45, 7) is 2.28. The van der Waals surface area contributed by atoms with Crippen molar-refractivity contribution in [3.8, 4) is 0 Å². The van der Waals surface area contributed by atoms with Gasteiger partial charge in [0.1, 0.15) is 16.5 Å². The van der Waals surface area contributed by atoms with E-state index in [4.69, 9.17) is 11.6 Å². The van der Waals surface area contributed by atoms with Crippen LogP contribution in [0.15, 0.2) is 23.1 Å². The van der Waals surface area contributed by atoms with Gasteiger partial charge in [-0.25, -0.2) is 8.42 Å². The standard InChI is InChI=1S/C20H26ClN5O3S/c21-16-8-7-15(14-17(16)30(28,29)25-11-4-5-12-25)20(27)22-10-9-19-24-23-18-6-2-1-3-13-26(18)19/h7-8,14H,1-6,9-13H2,(H,22,27). The number of carbonyl (C=O) groups excluding carboxylic acids is 1. The molecule has 1 amide bonds. The fraction of sp³-hybridized carbons (Fsp3) is 0.550. The number of halogens is 1. The number of nitrogens with one attached hydrogen (secondary N) is 1. The molecule has 1 aromatic heterocycles. The Morgan fingerprint density at radius 2 is 1.83 bits per heavy atom. The zero-order chi connectivity index (χ0) is 21.1. The molecule has 8 nitrogen and oxygen atoms in total. The molecule has 2 aromatic rings. The summed E-state index contributed by atoms with van der Waals surface area (Å²) in [4.78, 5) is 12.6. The molecule has 4 rings (SSSR count). The Labute approximate surface area is 181 Å². The number of carbonyl (C=O) groups is 1. The molecule has 0 bridgehead atoms. The van der Waals surface area contributed by atoms with Crippen molar-refractivity contribution in [2.24, 2.45) is 0 Å². The van der Waals surface area contributed by atoms with Crippen LogP contribution in [0.2, 0.25) is 5.02 Å². The van der Waals surface area contributed by atoms with E-state index in [0.717, 1.165) is 50.3 Å². The minimum Gasteiger partial charge on any atom is -0.352 e. The number of hydrogen-bond donors (Lipinski definition) is 1. The number of amides is 1. The molecule has 1 N–H and O–H groups in total. The molecule has 0 atom stereocenters. The fourth-order valence-electron chi connectivity index (χ4n) is 4.03. The monoisotopic (exact) mass is 451 g/mol. The minimum atomic E-state index is -3.70. The highest BCUT2D eigenvalue weighted by Crippen LogP contribution is 2.28. The second-order valence-electron chi connectivity index (χ2n) is 7.76. The van der Waals surface area contributed by atoms with Crippen molar-refractivity contribution >= 4 is 27.5 Å². The van der Waals surface area contributed by atoms with E-state index in [1.165, 1.54) is 22.9 Å². The van der Waals surface area contributed by atoms with Gasteiger partial charge in [0.05, 0.1) is 5.02 Å². The summed E-state index contributed by atoms with van der Waals surface area (Å²) in [5, 5.41) is 11.5. The van der Waals surface area contributed by atoms with Crippen LogP contribution in [0.4, 0.5) is 0 Å². The molecule has 10 heteroatoms. The average Bonchev–Trinajstić information content (AvgIpc) is 3.34. The van der Waals surface area contributed by atoms with Gasteiger partial charge in [-0.15, -0.1) is 10.2 Å². The summed E-state index contributed by atoms with van der Waals surface area (Å²) in [5.41, 5.74) is 0.275. The molecule has 3 heterocycles. The molecular weight excluding hydrogens is 426 g/mol. The molecule has 1 fully saturated rings. The molecule has 0 spiro atoms. The van der Waals surface area contributed by atoms with Gasteiger partial charge in [-0.3, -0.25) is 4.79 Å². The van der Waals surface area contributed by atoms with Crippen LogP contribution in [-0.4, -0.2) is 53.0 Å². The Hall–Kier alpha value is -1.97. The molecule has 0 unspecified atom stereocenters. The predicted molar refractivity (Wildman–Crippen MR) is 113 cm³/mol.